The van der Waals surface area contributed by atoms with Crippen molar-refractivity contribution in [3.63, 3.8) is 0 Å². The number of carbonyl (C=O) groups excluding carboxylic acids is 2. The van der Waals surface area contributed by atoms with Crippen LogP contribution in [0, 0.1) is 17.1 Å². The zero-order valence-electron chi connectivity index (χ0n) is 19.7. The zero-order valence-corrected chi connectivity index (χ0v) is 20.5. The van der Waals surface area contributed by atoms with Gasteiger partial charge in [-0.3, -0.25) is 4.79 Å². The number of amides is 3. The molecule has 3 amide bonds. The molecule has 186 valence electrons. The maximum absolute atomic E-state index is 13.5. The molecular formula is C27H27FN4O3S. The second-order valence-electron chi connectivity index (χ2n) is 8.59. The Balaban J connectivity index is 1.50. The van der Waals surface area contributed by atoms with Crippen LogP contribution in [0.5, 0.6) is 0 Å². The van der Waals surface area contributed by atoms with Gasteiger partial charge in [-0.1, -0.05) is 18.2 Å². The number of nitrogens with zero attached hydrogens (tertiary/aromatic N) is 3. The van der Waals surface area contributed by atoms with E-state index in [0.29, 0.717) is 30.9 Å². The number of anilines is 1. The molecule has 0 spiro atoms. The first-order valence-corrected chi connectivity index (χ1v) is 12.6. The minimum atomic E-state index is -0.415. The van der Waals surface area contributed by atoms with Crippen LogP contribution in [-0.4, -0.2) is 47.5 Å². The Hall–Kier alpha value is -3.74. The van der Waals surface area contributed by atoms with Crippen LogP contribution < -0.4 is 5.32 Å². The normalized spacial score (nSPS) is 14.7. The second-order valence-corrected chi connectivity index (χ2v) is 9.62. The topological polar surface area (TPSA) is 85.7 Å². The highest BCUT2D eigenvalue weighted by Gasteiger charge is 2.27. The van der Waals surface area contributed by atoms with E-state index in [0.717, 1.165) is 23.3 Å². The van der Waals surface area contributed by atoms with Gasteiger partial charge in [0.05, 0.1) is 24.3 Å². The van der Waals surface area contributed by atoms with Gasteiger partial charge in [0, 0.05) is 30.3 Å². The third-order valence-corrected chi connectivity index (χ3v) is 6.75. The van der Waals surface area contributed by atoms with Crippen LogP contribution in [0.4, 0.5) is 14.9 Å². The van der Waals surface area contributed by atoms with Gasteiger partial charge < -0.3 is 19.9 Å². The summed E-state index contributed by atoms with van der Waals surface area (Å²) in [6.45, 7) is 1.48. The van der Waals surface area contributed by atoms with Crippen LogP contribution in [0.2, 0.25) is 0 Å². The fraction of sp³-hybridized carbons (Fsp3) is 0.296. The highest BCUT2D eigenvalue weighted by atomic mass is 32.1. The van der Waals surface area contributed by atoms with Crippen molar-refractivity contribution in [2.24, 2.45) is 0 Å². The van der Waals surface area contributed by atoms with E-state index < -0.39 is 6.03 Å². The van der Waals surface area contributed by atoms with E-state index in [9.17, 15) is 14.0 Å². The number of nitriles is 1. The van der Waals surface area contributed by atoms with E-state index in [4.69, 9.17) is 10.00 Å². The van der Waals surface area contributed by atoms with Crippen LogP contribution in [0.15, 0.2) is 66.0 Å². The van der Waals surface area contributed by atoms with Crippen LogP contribution >= 0.6 is 11.3 Å². The predicted molar refractivity (Wildman–Crippen MR) is 136 cm³/mol. The molecule has 4 rings (SSSR count). The number of rotatable bonds is 9. The molecule has 2 aromatic carbocycles. The molecule has 0 saturated carbocycles. The van der Waals surface area contributed by atoms with Crippen molar-refractivity contribution in [3.8, 4) is 6.07 Å². The Morgan fingerprint density at radius 3 is 2.50 bits per heavy atom. The molecule has 0 aliphatic carbocycles. The molecule has 1 atom stereocenters. The summed E-state index contributed by atoms with van der Waals surface area (Å²) in [6.07, 6.45) is 1.61. The summed E-state index contributed by atoms with van der Waals surface area (Å²) in [7, 11) is 0. The lowest BCUT2D eigenvalue weighted by molar-refractivity contribution is -0.133. The molecule has 9 heteroatoms. The molecule has 0 radical (unpaired) electrons. The standard InChI is InChI=1S/C27H27FN4O3S/c28-22-9-5-21(6-10-22)16-31(18-25-4-2-14-36-25)26(33)19-32(17-24-3-1-13-35-24)27(34)30-23-11-7-20(15-29)8-12-23/h2,4-12,14,24H,1,3,13,16-19H2,(H,30,34)/t24-/m1/s1. The van der Waals surface area contributed by atoms with Gasteiger partial charge in [-0.15, -0.1) is 11.3 Å². The number of nitrogens with one attached hydrogen (secondary N) is 1. The maximum atomic E-state index is 13.5. The molecule has 36 heavy (non-hydrogen) atoms. The van der Waals surface area contributed by atoms with E-state index in [2.05, 4.69) is 5.32 Å². The van der Waals surface area contributed by atoms with Crippen molar-refractivity contribution < 1.29 is 18.7 Å². The van der Waals surface area contributed by atoms with Crippen molar-refractivity contribution in [2.45, 2.75) is 32.0 Å². The quantitative estimate of drug-likeness (QED) is 0.443. The summed E-state index contributed by atoms with van der Waals surface area (Å²) in [4.78, 5) is 30.9. The summed E-state index contributed by atoms with van der Waals surface area (Å²) in [5, 5.41) is 13.8. The highest BCUT2D eigenvalue weighted by molar-refractivity contribution is 7.09. The van der Waals surface area contributed by atoms with Crippen molar-refractivity contribution in [2.75, 3.05) is 25.0 Å². The number of hydrogen-bond donors (Lipinski definition) is 1. The lowest BCUT2D eigenvalue weighted by atomic mass is 10.2. The van der Waals surface area contributed by atoms with Gasteiger partial charge in [0.2, 0.25) is 5.91 Å². The van der Waals surface area contributed by atoms with Crippen LogP contribution in [-0.2, 0) is 22.6 Å². The minimum Gasteiger partial charge on any atom is -0.376 e. The molecule has 1 aromatic heterocycles. The number of ether oxygens (including phenoxy) is 1. The van der Waals surface area contributed by atoms with Gasteiger partial charge in [0.25, 0.3) is 0 Å². The first kappa shape index (κ1) is 25.4. The summed E-state index contributed by atoms with van der Waals surface area (Å²) < 4.78 is 19.1. The van der Waals surface area contributed by atoms with E-state index in [1.54, 1.807) is 52.6 Å². The van der Waals surface area contributed by atoms with Gasteiger partial charge in [-0.2, -0.15) is 5.26 Å². The Morgan fingerprint density at radius 2 is 1.86 bits per heavy atom. The first-order valence-electron chi connectivity index (χ1n) is 11.7. The van der Waals surface area contributed by atoms with Gasteiger partial charge >= 0.3 is 6.03 Å². The number of halogens is 1. The lowest BCUT2D eigenvalue weighted by Crippen LogP contribution is -2.46. The molecule has 1 aliphatic heterocycles. The Bertz CT molecular complexity index is 1190. The van der Waals surface area contributed by atoms with E-state index in [1.165, 1.54) is 17.0 Å². The van der Waals surface area contributed by atoms with Crippen molar-refractivity contribution in [1.82, 2.24) is 9.80 Å². The molecule has 1 N–H and O–H groups in total. The van der Waals surface area contributed by atoms with Gasteiger partial charge in [0.15, 0.2) is 0 Å². The molecule has 7 nitrogen and oxygen atoms in total. The number of hydrogen-bond acceptors (Lipinski definition) is 5. The van der Waals surface area contributed by atoms with Crippen LogP contribution in [0.25, 0.3) is 0 Å². The number of carbonyl (C=O) groups is 2. The Morgan fingerprint density at radius 1 is 1.08 bits per heavy atom. The third kappa shape index (κ3) is 7.13. The van der Waals surface area contributed by atoms with Crippen molar-refractivity contribution >= 4 is 29.0 Å². The number of thiophene rings is 1. The SMILES string of the molecule is N#Cc1ccc(NC(=O)N(CC(=O)N(Cc2ccc(F)cc2)Cc2cccs2)C[C@H]2CCCO2)cc1. The molecule has 1 aliphatic rings. The third-order valence-electron chi connectivity index (χ3n) is 5.89. The predicted octanol–water partition coefficient (Wildman–Crippen LogP) is 5.00. The van der Waals surface area contributed by atoms with Gasteiger partial charge in [-0.05, 0) is 66.2 Å². The first-order chi connectivity index (χ1) is 17.5. The Kier molecular flexibility index (Phi) is 8.66. The zero-order chi connectivity index (χ0) is 25.3. The summed E-state index contributed by atoms with van der Waals surface area (Å²) in [5.74, 6) is -0.558. The smallest absolute Gasteiger partial charge is 0.322 e. The van der Waals surface area contributed by atoms with Crippen LogP contribution in [0.3, 0.4) is 0 Å². The maximum Gasteiger partial charge on any atom is 0.322 e. The largest absolute Gasteiger partial charge is 0.376 e. The molecule has 0 bridgehead atoms. The molecule has 2 heterocycles. The van der Waals surface area contributed by atoms with Crippen molar-refractivity contribution in [3.05, 3.63) is 87.9 Å². The fourth-order valence-corrected chi connectivity index (χ4v) is 4.70. The summed E-state index contributed by atoms with van der Waals surface area (Å²) >= 11 is 1.55. The van der Waals surface area contributed by atoms with Gasteiger partial charge in [0.1, 0.15) is 12.4 Å². The summed E-state index contributed by atoms with van der Waals surface area (Å²) in [6, 6.07) is 18.1. The molecule has 0 unspecified atom stereocenters. The van der Waals surface area contributed by atoms with E-state index in [-0.39, 0.29) is 30.9 Å². The van der Waals surface area contributed by atoms with Crippen molar-refractivity contribution in [1.29, 1.82) is 5.26 Å². The average Bonchev–Trinajstić information content (AvgIpc) is 3.59. The van der Waals surface area contributed by atoms with E-state index >= 15 is 0 Å². The lowest BCUT2D eigenvalue weighted by Gasteiger charge is -2.29. The molecule has 3 aromatic rings. The minimum absolute atomic E-state index is 0.130. The van der Waals surface area contributed by atoms with Crippen LogP contribution in [0.1, 0.15) is 28.8 Å². The molecule has 1 fully saturated rings. The molecular weight excluding hydrogens is 479 g/mol. The fourth-order valence-electron chi connectivity index (χ4n) is 3.98. The number of benzene rings is 2. The second kappa shape index (κ2) is 12.3. The van der Waals surface area contributed by atoms with E-state index in [1.807, 2.05) is 23.6 Å². The molecule has 1 saturated heterocycles. The highest BCUT2D eigenvalue weighted by Crippen LogP contribution is 2.18. The monoisotopic (exact) mass is 506 g/mol. The summed E-state index contributed by atoms with van der Waals surface area (Å²) in [5.41, 5.74) is 1.82. The van der Waals surface area contributed by atoms with Gasteiger partial charge in [-0.25, -0.2) is 9.18 Å². The average molecular weight is 507 g/mol. The Labute approximate surface area is 213 Å². The number of urea groups is 1.